The van der Waals surface area contributed by atoms with Crippen LogP contribution in [0.15, 0.2) is 12.1 Å². The summed E-state index contributed by atoms with van der Waals surface area (Å²) in [4.78, 5) is 4.92. The molecule has 0 saturated heterocycles. The van der Waals surface area contributed by atoms with Gasteiger partial charge in [-0.3, -0.25) is 4.98 Å². The molecule has 0 fully saturated rings. The minimum absolute atomic E-state index is 0.971. The molecule has 1 N–H and O–H groups in total. The summed E-state index contributed by atoms with van der Waals surface area (Å²) in [5, 5.41) is 4.91. The van der Waals surface area contributed by atoms with E-state index in [2.05, 4.69) is 38.2 Å². The van der Waals surface area contributed by atoms with Gasteiger partial charge in [-0.15, -0.1) is 0 Å². The molecule has 0 saturated carbocycles. The number of nitrogens with one attached hydrogen (secondary N) is 1. The Morgan fingerprint density at radius 2 is 1.94 bits per heavy atom. The van der Waals surface area contributed by atoms with Crippen LogP contribution in [-0.2, 0) is 12.8 Å². The van der Waals surface area contributed by atoms with Gasteiger partial charge in [-0.25, -0.2) is 0 Å². The van der Waals surface area contributed by atoms with E-state index in [0.29, 0.717) is 0 Å². The zero-order valence-corrected chi connectivity index (χ0v) is 11.4. The molecule has 0 radical (unpaired) electrons. The largest absolute Gasteiger partial charge is 0.384 e. The first kappa shape index (κ1) is 11.5. The number of pyridine rings is 1. The second-order valence-corrected chi connectivity index (χ2v) is 5.22. The Bertz CT molecular complexity index is 614. The van der Waals surface area contributed by atoms with Crippen LogP contribution < -0.4 is 5.32 Å². The number of aryl methyl sites for hydroxylation is 3. The van der Waals surface area contributed by atoms with Gasteiger partial charge < -0.3 is 5.32 Å². The Balaban J connectivity index is 2.42. The Labute approximate surface area is 108 Å². The Hall–Kier alpha value is -1.57. The van der Waals surface area contributed by atoms with Crippen molar-refractivity contribution in [2.45, 2.75) is 40.0 Å². The molecule has 1 aromatic carbocycles. The minimum atomic E-state index is 0.971. The maximum Gasteiger partial charge on any atom is 0.0758 e. The van der Waals surface area contributed by atoms with Gasteiger partial charge in [0.15, 0.2) is 0 Å². The molecule has 0 aliphatic heterocycles. The maximum atomic E-state index is 4.92. The van der Waals surface area contributed by atoms with E-state index in [1.54, 1.807) is 0 Å². The lowest BCUT2D eigenvalue weighted by atomic mass is 10.00. The Kier molecular flexibility index (Phi) is 2.73. The van der Waals surface area contributed by atoms with Gasteiger partial charge in [-0.2, -0.15) is 0 Å². The number of benzene rings is 1. The summed E-state index contributed by atoms with van der Waals surface area (Å²) < 4.78 is 0. The first-order chi connectivity index (χ1) is 8.72. The maximum absolute atomic E-state index is 4.92. The molecule has 0 atom stereocenters. The summed E-state index contributed by atoms with van der Waals surface area (Å²) in [5.41, 5.74) is 7.91. The van der Waals surface area contributed by atoms with Crippen LogP contribution in [0.4, 0.5) is 5.69 Å². The number of hydrogen-bond acceptors (Lipinski definition) is 2. The molecule has 94 valence electrons. The van der Waals surface area contributed by atoms with E-state index >= 15 is 0 Å². The van der Waals surface area contributed by atoms with E-state index in [1.807, 2.05) is 0 Å². The van der Waals surface area contributed by atoms with Crippen LogP contribution in [0.1, 0.15) is 35.7 Å². The molecule has 2 aromatic rings. The van der Waals surface area contributed by atoms with Crippen LogP contribution in [0.5, 0.6) is 0 Å². The molecule has 1 heterocycles. The molecule has 18 heavy (non-hydrogen) atoms. The van der Waals surface area contributed by atoms with Gasteiger partial charge in [-0.05, 0) is 56.7 Å². The van der Waals surface area contributed by atoms with E-state index < -0.39 is 0 Å². The lowest BCUT2D eigenvalue weighted by Crippen LogP contribution is -2.05. The monoisotopic (exact) mass is 240 g/mol. The highest BCUT2D eigenvalue weighted by Crippen LogP contribution is 2.36. The minimum Gasteiger partial charge on any atom is -0.384 e. The van der Waals surface area contributed by atoms with Gasteiger partial charge in [-0.1, -0.05) is 12.1 Å². The zero-order valence-electron chi connectivity index (χ0n) is 11.4. The summed E-state index contributed by atoms with van der Waals surface area (Å²) in [6.07, 6.45) is 3.56. The fourth-order valence-electron chi connectivity index (χ4n) is 3.03. The summed E-state index contributed by atoms with van der Waals surface area (Å²) in [5.74, 6) is 0. The fourth-order valence-corrected chi connectivity index (χ4v) is 3.03. The van der Waals surface area contributed by atoms with Crippen LogP contribution in [0.2, 0.25) is 0 Å². The van der Waals surface area contributed by atoms with E-state index in [0.717, 1.165) is 13.0 Å². The van der Waals surface area contributed by atoms with Gasteiger partial charge in [0, 0.05) is 23.3 Å². The highest BCUT2D eigenvalue weighted by Gasteiger charge is 2.20. The van der Waals surface area contributed by atoms with Gasteiger partial charge in [0.25, 0.3) is 0 Å². The van der Waals surface area contributed by atoms with Gasteiger partial charge >= 0.3 is 0 Å². The molecular weight excluding hydrogens is 220 g/mol. The molecule has 0 unspecified atom stereocenters. The normalized spacial score (nSPS) is 13.9. The van der Waals surface area contributed by atoms with Crippen molar-refractivity contribution >= 4 is 16.6 Å². The van der Waals surface area contributed by atoms with Crippen LogP contribution in [0, 0.1) is 13.8 Å². The second-order valence-electron chi connectivity index (χ2n) is 5.22. The van der Waals surface area contributed by atoms with E-state index in [-0.39, 0.29) is 0 Å². The summed E-state index contributed by atoms with van der Waals surface area (Å²) >= 11 is 0. The third-order valence-corrected chi connectivity index (χ3v) is 3.93. The van der Waals surface area contributed by atoms with Crippen LogP contribution >= 0.6 is 0 Å². The van der Waals surface area contributed by atoms with Crippen molar-refractivity contribution in [3.63, 3.8) is 0 Å². The van der Waals surface area contributed by atoms with Crippen molar-refractivity contribution in [3.8, 4) is 0 Å². The summed E-state index contributed by atoms with van der Waals surface area (Å²) in [6, 6.07) is 4.39. The summed E-state index contributed by atoms with van der Waals surface area (Å²) in [7, 11) is 0. The fraction of sp³-hybridized carbons (Fsp3) is 0.438. The second kappa shape index (κ2) is 4.27. The number of aromatic nitrogens is 1. The van der Waals surface area contributed by atoms with Crippen molar-refractivity contribution in [2.24, 2.45) is 0 Å². The van der Waals surface area contributed by atoms with Gasteiger partial charge in [0.05, 0.1) is 5.52 Å². The number of hydrogen-bond donors (Lipinski definition) is 1. The highest BCUT2D eigenvalue weighted by atomic mass is 14.9. The lowest BCUT2D eigenvalue weighted by Gasteiger charge is -2.16. The van der Waals surface area contributed by atoms with Gasteiger partial charge in [0.2, 0.25) is 0 Å². The molecule has 0 amide bonds. The molecule has 2 heteroatoms. The number of rotatable bonds is 2. The zero-order chi connectivity index (χ0) is 12.7. The first-order valence-corrected chi connectivity index (χ1v) is 6.88. The molecule has 1 aliphatic rings. The standard InChI is InChI=1S/C16H20N2/c1-4-17-16-12-6-5-7-13(12)18-15-11(3)9-8-10(2)14(15)16/h8-9H,4-7H2,1-3H3,(H,17,18). The SMILES string of the molecule is CCNc1c2c(nc3c(C)ccc(C)c13)CCC2. The Morgan fingerprint density at radius 3 is 2.72 bits per heavy atom. The quantitative estimate of drug-likeness (QED) is 0.864. The number of fused-ring (bicyclic) bond motifs is 2. The number of anilines is 1. The molecule has 3 rings (SSSR count). The average molecular weight is 240 g/mol. The van der Waals surface area contributed by atoms with E-state index in [1.165, 1.54) is 51.8 Å². The molecule has 0 spiro atoms. The van der Waals surface area contributed by atoms with E-state index in [9.17, 15) is 0 Å². The van der Waals surface area contributed by atoms with Crippen molar-refractivity contribution in [3.05, 3.63) is 34.5 Å². The average Bonchev–Trinajstić information content (AvgIpc) is 2.82. The highest BCUT2D eigenvalue weighted by molar-refractivity contribution is 5.97. The smallest absolute Gasteiger partial charge is 0.0758 e. The van der Waals surface area contributed by atoms with Crippen LogP contribution in [0.3, 0.4) is 0 Å². The molecular formula is C16H20N2. The van der Waals surface area contributed by atoms with Crippen molar-refractivity contribution in [2.75, 3.05) is 11.9 Å². The third kappa shape index (κ3) is 1.59. The Morgan fingerprint density at radius 1 is 1.17 bits per heavy atom. The third-order valence-electron chi connectivity index (χ3n) is 3.93. The van der Waals surface area contributed by atoms with Crippen LogP contribution in [-0.4, -0.2) is 11.5 Å². The summed E-state index contributed by atoms with van der Waals surface area (Å²) in [6.45, 7) is 7.48. The predicted molar refractivity (Wildman–Crippen MR) is 77.4 cm³/mol. The topological polar surface area (TPSA) is 24.9 Å². The number of nitrogens with zero attached hydrogens (tertiary/aromatic N) is 1. The van der Waals surface area contributed by atoms with Gasteiger partial charge in [0.1, 0.15) is 0 Å². The molecule has 1 aromatic heterocycles. The van der Waals surface area contributed by atoms with Crippen molar-refractivity contribution in [1.29, 1.82) is 0 Å². The molecule has 0 bridgehead atoms. The first-order valence-electron chi connectivity index (χ1n) is 6.88. The van der Waals surface area contributed by atoms with Crippen molar-refractivity contribution < 1.29 is 0 Å². The van der Waals surface area contributed by atoms with Crippen molar-refractivity contribution in [1.82, 2.24) is 4.98 Å². The van der Waals surface area contributed by atoms with E-state index in [4.69, 9.17) is 4.98 Å². The molecule has 2 nitrogen and oxygen atoms in total. The lowest BCUT2D eigenvalue weighted by molar-refractivity contribution is 0.901. The molecule has 1 aliphatic carbocycles. The predicted octanol–water partition coefficient (Wildman–Crippen LogP) is 3.77. The van der Waals surface area contributed by atoms with Crippen LogP contribution in [0.25, 0.3) is 10.9 Å².